The lowest BCUT2D eigenvalue weighted by molar-refractivity contribution is 0.0974. The molecule has 3 aliphatic heterocycles. The van der Waals surface area contributed by atoms with Crippen LogP contribution in [0.3, 0.4) is 0 Å². The number of rotatable bonds is 2. The number of anilines is 1. The van der Waals surface area contributed by atoms with Gasteiger partial charge >= 0.3 is 0 Å². The van der Waals surface area contributed by atoms with Crippen LogP contribution in [0.4, 0.5) is 5.82 Å². The average Bonchev–Trinajstić information content (AvgIpc) is 2.34. The van der Waals surface area contributed by atoms with E-state index in [2.05, 4.69) is 15.2 Å². The summed E-state index contributed by atoms with van der Waals surface area (Å²) in [6.07, 6.45) is 4.40. The summed E-state index contributed by atoms with van der Waals surface area (Å²) in [5.74, 6) is 1.63. The third kappa shape index (κ3) is 1.89. The molecule has 0 aromatic carbocycles. The molecule has 3 fully saturated rings. The molecular formula is C12H16ClN3. The first-order chi connectivity index (χ1) is 7.83. The number of aromatic nitrogens is 1. The summed E-state index contributed by atoms with van der Waals surface area (Å²) in [5, 5.41) is 4.22. The lowest BCUT2D eigenvalue weighted by Crippen LogP contribution is -2.53. The van der Waals surface area contributed by atoms with E-state index in [0.29, 0.717) is 6.04 Å². The van der Waals surface area contributed by atoms with Gasteiger partial charge in [0.05, 0.1) is 5.02 Å². The standard InChI is InChI=1S/C12H16ClN3/c13-10-2-1-5-14-12(10)15-11-8-16-6-3-9(11)4-7-16/h1-2,5,9,11H,3-4,6-8H2,(H,14,15). The molecule has 3 saturated heterocycles. The van der Waals surface area contributed by atoms with E-state index in [0.717, 1.165) is 23.3 Å². The summed E-state index contributed by atoms with van der Waals surface area (Å²) in [7, 11) is 0. The Morgan fingerprint density at radius 3 is 2.81 bits per heavy atom. The summed E-state index contributed by atoms with van der Waals surface area (Å²) in [4.78, 5) is 6.82. The number of piperidine rings is 3. The maximum atomic E-state index is 6.11. The largest absolute Gasteiger partial charge is 0.365 e. The van der Waals surface area contributed by atoms with Gasteiger partial charge in [-0.2, -0.15) is 0 Å². The van der Waals surface area contributed by atoms with E-state index in [1.54, 1.807) is 6.20 Å². The first kappa shape index (κ1) is 10.4. The quantitative estimate of drug-likeness (QED) is 0.855. The van der Waals surface area contributed by atoms with E-state index in [1.165, 1.54) is 25.9 Å². The van der Waals surface area contributed by atoms with E-state index in [4.69, 9.17) is 11.6 Å². The van der Waals surface area contributed by atoms with Gasteiger partial charge in [-0.25, -0.2) is 4.98 Å². The molecule has 16 heavy (non-hydrogen) atoms. The first-order valence-corrected chi connectivity index (χ1v) is 6.30. The summed E-state index contributed by atoms with van der Waals surface area (Å²) < 4.78 is 0. The van der Waals surface area contributed by atoms with Gasteiger partial charge in [0, 0.05) is 18.8 Å². The topological polar surface area (TPSA) is 28.2 Å². The molecule has 1 aromatic rings. The number of pyridine rings is 1. The maximum absolute atomic E-state index is 6.11. The van der Waals surface area contributed by atoms with Gasteiger partial charge in [-0.1, -0.05) is 11.6 Å². The van der Waals surface area contributed by atoms with Crippen LogP contribution >= 0.6 is 11.6 Å². The van der Waals surface area contributed by atoms with Crippen molar-refractivity contribution >= 4 is 17.4 Å². The van der Waals surface area contributed by atoms with Crippen LogP contribution in [0.15, 0.2) is 18.3 Å². The Hall–Kier alpha value is -0.800. The molecule has 0 saturated carbocycles. The van der Waals surface area contributed by atoms with Crippen LogP contribution in [0.2, 0.25) is 5.02 Å². The van der Waals surface area contributed by atoms with Crippen molar-refractivity contribution in [2.24, 2.45) is 5.92 Å². The average molecular weight is 238 g/mol. The van der Waals surface area contributed by atoms with Crippen molar-refractivity contribution in [3.63, 3.8) is 0 Å². The lowest BCUT2D eigenvalue weighted by Gasteiger charge is -2.45. The third-order valence-corrected chi connectivity index (χ3v) is 4.04. The van der Waals surface area contributed by atoms with Gasteiger partial charge in [0.25, 0.3) is 0 Å². The number of hydrogen-bond donors (Lipinski definition) is 1. The molecule has 0 aliphatic carbocycles. The molecule has 4 heteroatoms. The third-order valence-electron chi connectivity index (χ3n) is 3.74. The van der Waals surface area contributed by atoms with E-state index < -0.39 is 0 Å². The number of nitrogens with zero attached hydrogens (tertiary/aromatic N) is 2. The fraction of sp³-hybridized carbons (Fsp3) is 0.583. The van der Waals surface area contributed by atoms with Crippen molar-refractivity contribution in [3.05, 3.63) is 23.4 Å². The minimum Gasteiger partial charge on any atom is -0.365 e. The highest BCUT2D eigenvalue weighted by Crippen LogP contribution is 2.30. The highest BCUT2D eigenvalue weighted by molar-refractivity contribution is 6.32. The second kappa shape index (κ2) is 4.22. The number of nitrogens with one attached hydrogen (secondary N) is 1. The minimum atomic E-state index is 0.523. The van der Waals surface area contributed by atoms with Crippen molar-refractivity contribution in [1.29, 1.82) is 0 Å². The number of fused-ring (bicyclic) bond motifs is 3. The van der Waals surface area contributed by atoms with Gasteiger partial charge in [0.1, 0.15) is 5.82 Å². The molecule has 4 rings (SSSR count). The van der Waals surface area contributed by atoms with Gasteiger partial charge in [-0.15, -0.1) is 0 Å². The summed E-state index contributed by atoms with van der Waals surface area (Å²) in [5.41, 5.74) is 0. The van der Waals surface area contributed by atoms with Crippen LogP contribution in [-0.2, 0) is 0 Å². The Kier molecular flexibility index (Phi) is 2.74. The molecule has 0 radical (unpaired) electrons. The second-order valence-corrected chi connectivity index (χ2v) is 5.13. The van der Waals surface area contributed by atoms with Crippen LogP contribution in [0, 0.1) is 5.92 Å². The maximum Gasteiger partial charge on any atom is 0.145 e. The zero-order valence-corrected chi connectivity index (χ0v) is 9.95. The molecule has 4 heterocycles. The van der Waals surface area contributed by atoms with E-state index >= 15 is 0 Å². The molecule has 0 amide bonds. The monoisotopic (exact) mass is 237 g/mol. The fourth-order valence-corrected chi connectivity index (χ4v) is 2.97. The van der Waals surface area contributed by atoms with Crippen molar-refractivity contribution in [3.8, 4) is 0 Å². The summed E-state index contributed by atoms with van der Waals surface area (Å²) >= 11 is 6.11. The lowest BCUT2D eigenvalue weighted by atomic mass is 9.84. The van der Waals surface area contributed by atoms with Crippen LogP contribution in [0.5, 0.6) is 0 Å². The SMILES string of the molecule is Clc1cccnc1NC1CN2CCC1CC2. The smallest absolute Gasteiger partial charge is 0.145 e. The van der Waals surface area contributed by atoms with Crippen LogP contribution in [0.1, 0.15) is 12.8 Å². The Morgan fingerprint density at radius 2 is 2.19 bits per heavy atom. The Bertz CT molecular complexity index is 374. The van der Waals surface area contributed by atoms with Crippen molar-refractivity contribution in [2.75, 3.05) is 25.0 Å². The zero-order valence-electron chi connectivity index (χ0n) is 9.19. The normalized spacial score (nSPS) is 32.7. The van der Waals surface area contributed by atoms with Gasteiger partial charge in [0.15, 0.2) is 0 Å². The molecule has 1 N–H and O–H groups in total. The van der Waals surface area contributed by atoms with E-state index in [1.807, 2.05) is 12.1 Å². The molecular weight excluding hydrogens is 222 g/mol. The minimum absolute atomic E-state index is 0.523. The van der Waals surface area contributed by atoms with Crippen LogP contribution in [-0.4, -0.2) is 35.6 Å². The predicted octanol–water partition coefficient (Wildman–Crippen LogP) is 2.24. The summed E-state index contributed by atoms with van der Waals surface area (Å²) in [6, 6.07) is 4.28. The molecule has 3 aliphatic rings. The molecule has 86 valence electrons. The molecule has 3 nitrogen and oxygen atoms in total. The van der Waals surface area contributed by atoms with Gasteiger partial charge in [-0.05, 0) is 44.0 Å². The highest BCUT2D eigenvalue weighted by atomic mass is 35.5. The van der Waals surface area contributed by atoms with Gasteiger partial charge in [0.2, 0.25) is 0 Å². The van der Waals surface area contributed by atoms with E-state index in [9.17, 15) is 0 Å². The van der Waals surface area contributed by atoms with Crippen molar-refractivity contribution in [1.82, 2.24) is 9.88 Å². The Morgan fingerprint density at radius 1 is 1.38 bits per heavy atom. The molecule has 0 spiro atoms. The molecule has 1 unspecified atom stereocenters. The zero-order chi connectivity index (χ0) is 11.0. The second-order valence-electron chi connectivity index (χ2n) is 4.72. The van der Waals surface area contributed by atoms with E-state index in [-0.39, 0.29) is 0 Å². The van der Waals surface area contributed by atoms with Crippen LogP contribution < -0.4 is 5.32 Å². The summed E-state index contributed by atoms with van der Waals surface area (Å²) in [6.45, 7) is 3.66. The number of hydrogen-bond acceptors (Lipinski definition) is 3. The first-order valence-electron chi connectivity index (χ1n) is 5.92. The Labute approximate surface area is 101 Å². The predicted molar refractivity (Wildman–Crippen MR) is 65.8 cm³/mol. The van der Waals surface area contributed by atoms with Gasteiger partial charge < -0.3 is 10.2 Å². The fourth-order valence-electron chi connectivity index (χ4n) is 2.80. The van der Waals surface area contributed by atoms with Gasteiger partial charge in [-0.3, -0.25) is 0 Å². The number of halogens is 1. The molecule has 1 aromatic heterocycles. The van der Waals surface area contributed by atoms with Crippen molar-refractivity contribution < 1.29 is 0 Å². The Balaban J connectivity index is 1.73. The molecule has 2 bridgehead atoms. The van der Waals surface area contributed by atoms with Crippen molar-refractivity contribution in [2.45, 2.75) is 18.9 Å². The molecule has 1 atom stereocenters. The highest BCUT2D eigenvalue weighted by Gasteiger charge is 2.34. The van der Waals surface area contributed by atoms with Crippen LogP contribution in [0.25, 0.3) is 0 Å².